The van der Waals surface area contributed by atoms with Crippen LogP contribution < -0.4 is 10.4 Å². The van der Waals surface area contributed by atoms with Crippen molar-refractivity contribution < 1.29 is 9.31 Å². The highest BCUT2D eigenvalue weighted by Gasteiger charge is 2.53. The van der Waals surface area contributed by atoms with Crippen molar-refractivity contribution in [2.24, 2.45) is 0 Å². The summed E-state index contributed by atoms with van der Waals surface area (Å²) in [6, 6.07) is 17.4. The molecule has 1 fully saturated rings. The van der Waals surface area contributed by atoms with E-state index in [0.717, 1.165) is 5.46 Å². The van der Waals surface area contributed by atoms with Crippen LogP contribution in [0, 0.1) is 0 Å². The van der Waals surface area contributed by atoms with Crippen molar-refractivity contribution in [3.8, 4) is 0 Å². The van der Waals surface area contributed by atoms with Crippen LogP contribution in [0.25, 0.3) is 0 Å². The fraction of sp³-hybridized carbons (Fsp3) is 0.333. The van der Waals surface area contributed by atoms with Gasteiger partial charge in [-0.1, -0.05) is 54.6 Å². The molecule has 0 N–H and O–H groups in total. The van der Waals surface area contributed by atoms with Crippen molar-refractivity contribution >= 4 is 24.0 Å². The summed E-state index contributed by atoms with van der Waals surface area (Å²) >= 11 is 0. The Balaban J connectivity index is 1.65. The summed E-state index contributed by atoms with van der Waals surface area (Å²) in [5, 5.41) is 0. The highest BCUT2D eigenvalue weighted by atomic mass is 16.7. The summed E-state index contributed by atoms with van der Waals surface area (Å²) in [5.41, 5.74) is 4.21. The van der Waals surface area contributed by atoms with Crippen LogP contribution in [0.15, 0.2) is 72.8 Å². The standard InChI is InChI=1S/C24H26BNO2/c1-23(2)24(3,4)28-25(27-23)19-14-10-16-21-22(19)18-13-8-9-15-20(18)26(21)17-11-6-5-7-12-17/h5-16,18,20H,1-4H3. The van der Waals surface area contributed by atoms with Crippen LogP contribution >= 0.6 is 0 Å². The fourth-order valence-electron chi connectivity index (χ4n) is 4.49. The lowest BCUT2D eigenvalue weighted by molar-refractivity contribution is 0.00578. The Hall–Kier alpha value is -2.30. The van der Waals surface area contributed by atoms with Gasteiger partial charge < -0.3 is 14.2 Å². The molecule has 0 saturated carbocycles. The molecule has 0 spiro atoms. The quantitative estimate of drug-likeness (QED) is 0.714. The Morgan fingerprint density at radius 2 is 1.50 bits per heavy atom. The van der Waals surface area contributed by atoms with Gasteiger partial charge in [-0.25, -0.2) is 0 Å². The molecule has 2 atom stereocenters. The maximum atomic E-state index is 6.41. The lowest BCUT2D eigenvalue weighted by atomic mass is 9.72. The van der Waals surface area contributed by atoms with Gasteiger partial charge in [0.15, 0.2) is 0 Å². The fourth-order valence-corrected chi connectivity index (χ4v) is 4.49. The molecule has 2 aromatic carbocycles. The molecular weight excluding hydrogens is 345 g/mol. The van der Waals surface area contributed by atoms with Crippen molar-refractivity contribution in [2.75, 3.05) is 4.90 Å². The summed E-state index contributed by atoms with van der Waals surface area (Å²) in [6.07, 6.45) is 8.91. The molecular formula is C24H26BNO2. The molecule has 4 heteroatoms. The molecule has 0 bridgehead atoms. The van der Waals surface area contributed by atoms with E-state index in [1.807, 2.05) is 0 Å². The second kappa shape index (κ2) is 6.10. The first-order chi connectivity index (χ1) is 13.4. The third-order valence-electron chi connectivity index (χ3n) is 6.66. The van der Waals surface area contributed by atoms with E-state index in [-0.39, 0.29) is 30.3 Å². The molecule has 0 amide bonds. The van der Waals surface area contributed by atoms with Gasteiger partial charge in [0.05, 0.1) is 17.2 Å². The van der Waals surface area contributed by atoms with Crippen LogP contribution in [0.5, 0.6) is 0 Å². The van der Waals surface area contributed by atoms with E-state index in [4.69, 9.17) is 9.31 Å². The Kier molecular flexibility index (Phi) is 3.87. The van der Waals surface area contributed by atoms with E-state index < -0.39 is 0 Å². The topological polar surface area (TPSA) is 21.7 Å². The van der Waals surface area contributed by atoms with E-state index >= 15 is 0 Å². The Bertz CT molecular complexity index is 948. The third kappa shape index (κ3) is 2.52. The maximum Gasteiger partial charge on any atom is 0.495 e. The predicted octanol–water partition coefficient (Wildman–Crippen LogP) is 4.72. The molecule has 0 radical (unpaired) electrons. The van der Waals surface area contributed by atoms with Crippen LogP contribution in [0.1, 0.15) is 39.2 Å². The predicted molar refractivity (Wildman–Crippen MR) is 116 cm³/mol. The largest absolute Gasteiger partial charge is 0.495 e. The SMILES string of the molecule is CC1(C)OB(c2cccc3c2C2C=CC=CC2N3c2ccccc2)OC1(C)C. The maximum absolute atomic E-state index is 6.41. The molecule has 5 rings (SSSR count). The Morgan fingerprint density at radius 1 is 0.821 bits per heavy atom. The summed E-state index contributed by atoms with van der Waals surface area (Å²) in [6.45, 7) is 8.44. The first-order valence-electron chi connectivity index (χ1n) is 10.1. The number of hydrogen-bond acceptors (Lipinski definition) is 3. The van der Waals surface area contributed by atoms with Gasteiger partial charge in [-0.15, -0.1) is 0 Å². The Labute approximate surface area is 167 Å². The summed E-state index contributed by atoms with van der Waals surface area (Å²) < 4.78 is 12.8. The number of allylic oxidation sites excluding steroid dienone is 2. The number of fused-ring (bicyclic) bond motifs is 3. The molecule has 1 saturated heterocycles. The molecule has 2 heterocycles. The van der Waals surface area contributed by atoms with Gasteiger partial charge in [-0.05, 0) is 56.9 Å². The summed E-state index contributed by atoms with van der Waals surface area (Å²) in [7, 11) is -0.351. The molecule has 3 aliphatic rings. The molecule has 2 unspecified atom stereocenters. The zero-order valence-corrected chi connectivity index (χ0v) is 16.9. The van der Waals surface area contributed by atoms with Gasteiger partial charge in [-0.2, -0.15) is 0 Å². The van der Waals surface area contributed by atoms with Crippen LogP contribution in [0.3, 0.4) is 0 Å². The van der Waals surface area contributed by atoms with Gasteiger partial charge in [0, 0.05) is 17.3 Å². The number of para-hydroxylation sites is 1. The summed E-state index contributed by atoms with van der Waals surface area (Å²) in [4.78, 5) is 2.44. The lowest BCUT2D eigenvalue weighted by Crippen LogP contribution is -2.41. The highest BCUT2D eigenvalue weighted by Crippen LogP contribution is 2.47. The van der Waals surface area contributed by atoms with Crippen LogP contribution in [0.2, 0.25) is 0 Å². The van der Waals surface area contributed by atoms with Gasteiger partial charge in [0.1, 0.15) is 0 Å². The molecule has 3 nitrogen and oxygen atoms in total. The van der Waals surface area contributed by atoms with Crippen molar-refractivity contribution in [3.05, 3.63) is 78.4 Å². The molecule has 28 heavy (non-hydrogen) atoms. The highest BCUT2D eigenvalue weighted by molar-refractivity contribution is 6.63. The van der Waals surface area contributed by atoms with E-state index in [0.29, 0.717) is 0 Å². The van der Waals surface area contributed by atoms with Crippen LogP contribution in [-0.4, -0.2) is 24.4 Å². The van der Waals surface area contributed by atoms with Crippen molar-refractivity contribution in [2.45, 2.75) is 50.9 Å². The van der Waals surface area contributed by atoms with Gasteiger partial charge >= 0.3 is 7.12 Å². The van der Waals surface area contributed by atoms with Crippen LogP contribution in [0.4, 0.5) is 11.4 Å². The first-order valence-corrected chi connectivity index (χ1v) is 10.1. The normalized spacial score (nSPS) is 26.4. The van der Waals surface area contributed by atoms with Crippen molar-refractivity contribution in [1.29, 1.82) is 0 Å². The smallest absolute Gasteiger partial charge is 0.399 e. The minimum absolute atomic E-state index is 0.269. The lowest BCUT2D eigenvalue weighted by Gasteiger charge is -2.32. The van der Waals surface area contributed by atoms with Crippen LogP contribution in [-0.2, 0) is 9.31 Å². The number of nitrogens with zero attached hydrogens (tertiary/aromatic N) is 1. The first kappa shape index (κ1) is 17.8. The third-order valence-corrected chi connectivity index (χ3v) is 6.66. The molecule has 0 aromatic heterocycles. The van der Waals surface area contributed by atoms with Crippen molar-refractivity contribution in [3.63, 3.8) is 0 Å². The zero-order valence-electron chi connectivity index (χ0n) is 16.9. The minimum atomic E-state index is -0.351. The monoisotopic (exact) mass is 371 g/mol. The minimum Gasteiger partial charge on any atom is -0.399 e. The molecule has 2 aromatic rings. The van der Waals surface area contributed by atoms with E-state index in [2.05, 4.69) is 105 Å². The number of anilines is 2. The molecule has 2 aliphatic heterocycles. The number of hydrogen-bond donors (Lipinski definition) is 0. The van der Waals surface area contributed by atoms with Gasteiger partial charge in [0.25, 0.3) is 0 Å². The van der Waals surface area contributed by atoms with E-state index in [1.165, 1.54) is 16.9 Å². The Morgan fingerprint density at radius 3 is 2.21 bits per heavy atom. The zero-order chi connectivity index (χ0) is 19.5. The average Bonchev–Trinajstić information content (AvgIpc) is 3.13. The van der Waals surface area contributed by atoms with Gasteiger partial charge in [-0.3, -0.25) is 0 Å². The summed E-state index contributed by atoms with van der Waals surface area (Å²) in [5.74, 6) is 0.287. The second-order valence-electron chi connectivity index (χ2n) is 8.86. The van der Waals surface area contributed by atoms with Gasteiger partial charge in [0.2, 0.25) is 0 Å². The molecule has 142 valence electrons. The average molecular weight is 371 g/mol. The number of rotatable bonds is 2. The number of benzene rings is 2. The van der Waals surface area contributed by atoms with Crippen molar-refractivity contribution in [1.82, 2.24) is 0 Å². The van der Waals surface area contributed by atoms with E-state index in [9.17, 15) is 0 Å². The molecule has 1 aliphatic carbocycles. The van der Waals surface area contributed by atoms with E-state index in [1.54, 1.807) is 0 Å². The second-order valence-corrected chi connectivity index (χ2v) is 8.86.